The first-order valence-corrected chi connectivity index (χ1v) is 5.22. The van der Waals surface area contributed by atoms with Crippen molar-refractivity contribution in [2.24, 2.45) is 4.99 Å². The van der Waals surface area contributed by atoms with Crippen molar-refractivity contribution in [2.75, 3.05) is 32.8 Å². The average Bonchev–Trinajstić information content (AvgIpc) is 2.26. The normalized spacial score (nSPS) is 20.3. The zero-order valence-corrected chi connectivity index (χ0v) is 8.91. The molecule has 0 bridgehead atoms. The molecule has 1 rings (SSSR count). The number of ether oxygens (including phenoxy) is 1. The predicted octanol–water partition coefficient (Wildman–Crippen LogP) is -0.511. The van der Waals surface area contributed by atoms with Gasteiger partial charge in [0.15, 0.2) is 5.96 Å². The Hall–Kier alpha value is -1.07. The SMILES string of the molecule is C=CCCOCCNC1=NCC(O)CN1. The lowest BCUT2D eigenvalue weighted by Crippen LogP contribution is -2.46. The first-order chi connectivity index (χ1) is 7.33. The molecule has 1 aliphatic heterocycles. The maximum atomic E-state index is 9.16. The lowest BCUT2D eigenvalue weighted by molar-refractivity contribution is 0.143. The number of aliphatic hydroxyl groups excluding tert-OH is 1. The molecule has 1 atom stereocenters. The summed E-state index contributed by atoms with van der Waals surface area (Å²) in [6.07, 6.45) is 2.35. The summed E-state index contributed by atoms with van der Waals surface area (Å²) in [5.74, 6) is 0.743. The van der Waals surface area contributed by atoms with Crippen LogP contribution in [0.15, 0.2) is 17.6 Å². The van der Waals surface area contributed by atoms with Crippen molar-refractivity contribution in [3.05, 3.63) is 12.7 Å². The van der Waals surface area contributed by atoms with Crippen molar-refractivity contribution in [3.8, 4) is 0 Å². The molecule has 1 aliphatic rings. The number of aliphatic hydroxyl groups is 1. The van der Waals surface area contributed by atoms with Crippen LogP contribution in [-0.4, -0.2) is 50.0 Å². The second kappa shape index (κ2) is 7.25. The molecule has 0 spiro atoms. The van der Waals surface area contributed by atoms with E-state index < -0.39 is 0 Å². The van der Waals surface area contributed by atoms with Gasteiger partial charge >= 0.3 is 0 Å². The molecule has 15 heavy (non-hydrogen) atoms. The minimum atomic E-state index is -0.362. The number of nitrogens with zero attached hydrogens (tertiary/aromatic N) is 1. The zero-order chi connectivity index (χ0) is 10.9. The van der Waals surface area contributed by atoms with Crippen molar-refractivity contribution in [1.82, 2.24) is 10.6 Å². The molecular formula is C10H19N3O2. The lowest BCUT2D eigenvalue weighted by Gasteiger charge is -2.19. The van der Waals surface area contributed by atoms with Gasteiger partial charge in [-0.2, -0.15) is 0 Å². The monoisotopic (exact) mass is 213 g/mol. The molecule has 1 unspecified atom stereocenters. The Morgan fingerprint density at radius 3 is 3.20 bits per heavy atom. The van der Waals surface area contributed by atoms with E-state index in [-0.39, 0.29) is 6.10 Å². The van der Waals surface area contributed by atoms with Gasteiger partial charge in [-0.15, -0.1) is 6.58 Å². The fourth-order valence-electron chi connectivity index (χ4n) is 1.16. The van der Waals surface area contributed by atoms with E-state index in [1.54, 1.807) is 0 Å². The van der Waals surface area contributed by atoms with Gasteiger partial charge in [0.25, 0.3) is 0 Å². The van der Waals surface area contributed by atoms with Crippen molar-refractivity contribution in [2.45, 2.75) is 12.5 Å². The van der Waals surface area contributed by atoms with Crippen LogP contribution in [0.2, 0.25) is 0 Å². The number of rotatable bonds is 6. The standard InChI is InChI=1S/C10H19N3O2/c1-2-3-5-15-6-4-11-10-12-7-9(14)8-13-10/h2,9,14H,1,3-8H2,(H2,11,12,13). The van der Waals surface area contributed by atoms with Gasteiger partial charge in [0.2, 0.25) is 0 Å². The molecule has 0 aromatic carbocycles. The van der Waals surface area contributed by atoms with Crippen LogP contribution in [-0.2, 0) is 4.74 Å². The quantitative estimate of drug-likeness (QED) is 0.411. The van der Waals surface area contributed by atoms with E-state index in [2.05, 4.69) is 22.2 Å². The highest BCUT2D eigenvalue weighted by atomic mass is 16.5. The molecule has 5 nitrogen and oxygen atoms in total. The first kappa shape index (κ1) is 12.0. The molecule has 1 heterocycles. The van der Waals surface area contributed by atoms with Gasteiger partial charge in [-0.1, -0.05) is 6.08 Å². The summed E-state index contributed by atoms with van der Waals surface area (Å²) in [5.41, 5.74) is 0. The van der Waals surface area contributed by atoms with Crippen molar-refractivity contribution in [3.63, 3.8) is 0 Å². The minimum Gasteiger partial charge on any atom is -0.389 e. The number of hydrogen-bond donors (Lipinski definition) is 3. The number of guanidine groups is 1. The molecule has 0 fully saturated rings. The predicted molar refractivity (Wildman–Crippen MR) is 59.9 cm³/mol. The highest BCUT2D eigenvalue weighted by molar-refractivity contribution is 5.80. The molecule has 0 aliphatic carbocycles. The molecule has 5 heteroatoms. The second-order valence-electron chi connectivity index (χ2n) is 3.34. The third-order valence-electron chi connectivity index (χ3n) is 1.97. The van der Waals surface area contributed by atoms with E-state index in [9.17, 15) is 0 Å². The summed E-state index contributed by atoms with van der Waals surface area (Å²) in [4.78, 5) is 4.12. The summed E-state index contributed by atoms with van der Waals surface area (Å²) < 4.78 is 5.32. The average molecular weight is 213 g/mol. The summed E-state index contributed by atoms with van der Waals surface area (Å²) in [7, 11) is 0. The third-order valence-corrected chi connectivity index (χ3v) is 1.97. The number of nitrogens with one attached hydrogen (secondary N) is 2. The fourth-order valence-corrected chi connectivity index (χ4v) is 1.16. The molecule has 3 N–H and O–H groups in total. The van der Waals surface area contributed by atoms with Crippen LogP contribution in [0.3, 0.4) is 0 Å². The summed E-state index contributed by atoms with van der Waals surface area (Å²) in [6, 6.07) is 0. The van der Waals surface area contributed by atoms with Gasteiger partial charge < -0.3 is 20.5 Å². The van der Waals surface area contributed by atoms with E-state index in [0.717, 1.165) is 18.9 Å². The Kier molecular flexibility index (Phi) is 5.80. The second-order valence-corrected chi connectivity index (χ2v) is 3.34. The van der Waals surface area contributed by atoms with Crippen LogP contribution >= 0.6 is 0 Å². The van der Waals surface area contributed by atoms with Crippen molar-refractivity contribution < 1.29 is 9.84 Å². The zero-order valence-electron chi connectivity index (χ0n) is 8.91. The highest BCUT2D eigenvalue weighted by Crippen LogP contribution is 1.89. The van der Waals surface area contributed by atoms with E-state index in [0.29, 0.717) is 26.3 Å². The summed E-state index contributed by atoms with van der Waals surface area (Å²) in [5, 5.41) is 15.2. The van der Waals surface area contributed by atoms with Crippen molar-refractivity contribution in [1.29, 1.82) is 0 Å². The Morgan fingerprint density at radius 2 is 2.53 bits per heavy atom. The summed E-state index contributed by atoms with van der Waals surface area (Å²) in [6.45, 7) is 6.72. The molecule has 0 amide bonds. The van der Waals surface area contributed by atoms with E-state index in [4.69, 9.17) is 9.84 Å². The molecule has 0 aromatic heterocycles. The molecule has 0 aromatic rings. The maximum Gasteiger partial charge on any atom is 0.191 e. The van der Waals surface area contributed by atoms with Gasteiger partial charge in [-0.05, 0) is 6.42 Å². The van der Waals surface area contributed by atoms with E-state index in [1.807, 2.05) is 6.08 Å². The Bertz CT molecular complexity index is 219. The Morgan fingerprint density at radius 1 is 1.67 bits per heavy atom. The number of aliphatic imine (C=N–C) groups is 1. The Balaban J connectivity index is 1.98. The number of β-amino-alcohol motifs (C(OH)–C–C–N with tert-alkyl or cyclic N) is 1. The van der Waals surface area contributed by atoms with Crippen LogP contribution in [0.1, 0.15) is 6.42 Å². The van der Waals surface area contributed by atoms with Crippen molar-refractivity contribution >= 4 is 5.96 Å². The molecule has 86 valence electrons. The largest absolute Gasteiger partial charge is 0.389 e. The topological polar surface area (TPSA) is 65.9 Å². The van der Waals surface area contributed by atoms with Crippen LogP contribution < -0.4 is 10.6 Å². The van der Waals surface area contributed by atoms with E-state index in [1.165, 1.54) is 0 Å². The Labute approximate surface area is 90.2 Å². The van der Waals surface area contributed by atoms with E-state index >= 15 is 0 Å². The van der Waals surface area contributed by atoms with Gasteiger partial charge in [0.1, 0.15) is 0 Å². The highest BCUT2D eigenvalue weighted by Gasteiger charge is 2.10. The molecular weight excluding hydrogens is 194 g/mol. The molecule has 0 saturated heterocycles. The molecule has 0 radical (unpaired) electrons. The van der Waals surface area contributed by atoms with Crippen LogP contribution in [0.5, 0.6) is 0 Å². The lowest BCUT2D eigenvalue weighted by atomic mass is 10.3. The van der Waals surface area contributed by atoms with Crippen LogP contribution in [0.25, 0.3) is 0 Å². The third kappa shape index (κ3) is 5.39. The maximum absolute atomic E-state index is 9.16. The fraction of sp³-hybridized carbons (Fsp3) is 0.700. The smallest absolute Gasteiger partial charge is 0.191 e. The van der Waals surface area contributed by atoms with Gasteiger partial charge in [-0.25, -0.2) is 0 Å². The van der Waals surface area contributed by atoms with Gasteiger partial charge in [0.05, 0.1) is 25.9 Å². The number of hydrogen-bond acceptors (Lipinski definition) is 5. The summed E-state index contributed by atoms with van der Waals surface area (Å²) >= 11 is 0. The van der Waals surface area contributed by atoms with Gasteiger partial charge in [0, 0.05) is 13.1 Å². The molecule has 0 saturated carbocycles. The first-order valence-electron chi connectivity index (χ1n) is 5.22. The minimum absolute atomic E-state index is 0.362. The van der Waals surface area contributed by atoms with Crippen LogP contribution in [0.4, 0.5) is 0 Å². The van der Waals surface area contributed by atoms with Crippen LogP contribution in [0, 0.1) is 0 Å². The van der Waals surface area contributed by atoms with Gasteiger partial charge in [-0.3, -0.25) is 4.99 Å².